The number of likely N-dealkylation sites (tertiary alicyclic amines) is 2. The average molecular weight is 571 g/mol. The molecule has 2 saturated heterocycles. The largest absolute Gasteiger partial charge is 0.388 e. The van der Waals surface area contributed by atoms with Gasteiger partial charge in [0, 0.05) is 43.6 Å². The van der Waals surface area contributed by atoms with Crippen LogP contribution in [0.5, 0.6) is 0 Å². The van der Waals surface area contributed by atoms with E-state index < -0.39 is 5.60 Å². The summed E-state index contributed by atoms with van der Waals surface area (Å²) < 4.78 is 15.8. The summed E-state index contributed by atoms with van der Waals surface area (Å²) in [5, 5.41) is 11.4. The van der Waals surface area contributed by atoms with Crippen LogP contribution in [0, 0.1) is 11.7 Å². The van der Waals surface area contributed by atoms with Crippen LogP contribution in [-0.2, 0) is 17.9 Å². The Morgan fingerprint density at radius 1 is 1.02 bits per heavy atom. The molecule has 0 unspecified atom stereocenters. The Balaban J connectivity index is 1.14. The predicted molar refractivity (Wildman–Crippen MR) is 158 cm³/mol. The first-order valence-corrected chi connectivity index (χ1v) is 14.4. The van der Waals surface area contributed by atoms with Gasteiger partial charge in [0.1, 0.15) is 11.6 Å². The molecule has 0 radical (unpaired) electrons. The number of halogens is 1. The van der Waals surface area contributed by atoms with Gasteiger partial charge in [-0.2, -0.15) is 0 Å². The second-order valence-corrected chi connectivity index (χ2v) is 11.6. The molecular formula is C32H35FN6O3. The number of hydrogen-bond acceptors (Lipinski definition) is 7. The van der Waals surface area contributed by atoms with Gasteiger partial charge >= 0.3 is 0 Å². The van der Waals surface area contributed by atoms with Gasteiger partial charge in [0.05, 0.1) is 24.0 Å². The smallest absolute Gasteiger partial charge is 0.280 e. The number of nitrogens with two attached hydrogens (primary N) is 1. The maximum atomic E-state index is 14.4. The van der Waals surface area contributed by atoms with Gasteiger partial charge in [-0.3, -0.25) is 19.1 Å². The van der Waals surface area contributed by atoms with Crippen molar-refractivity contribution in [2.75, 3.05) is 31.9 Å². The van der Waals surface area contributed by atoms with Gasteiger partial charge in [-0.25, -0.2) is 14.4 Å². The molecular weight excluding hydrogens is 535 g/mol. The summed E-state index contributed by atoms with van der Waals surface area (Å²) in [5.74, 6) is -0.131. The molecule has 9 nitrogen and oxygen atoms in total. The molecule has 6 rings (SSSR count). The molecule has 42 heavy (non-hydrogen) atoms. The van der Waals surface area contributed by atoms with Crippen molar-refractivity contribution in [3.05, 3.63) is 100 Å². The minimum Gasteiger partial charge on any atom is -0.388 e. The third kappa shape index (κ3) is 5.77. The summed E-state index contributed by atoms with van der Waals surface area (Å²) in [6.45, 7) is 2.71. The monoisotopic (exact) mass is 570 g/mol. The lowest BCUT2D eigenvalue weighted by molar-refractivity contribution is -0.142. The predicted octanol–water partition coefficient (Wildman–Crippen LogP) is 3.17. The standard InChI is InChI=1S/C32H35FN6O3/c33-26-9-5-4-8-23(26)18-37-15-12-24(25(19-37)22-6-2-1-3-7-22)30(40)38-16-13-32(42,14-17-38)20-39-21-35-27-10-11-28(34)36-29(27)31(39)41/h1-11,21,24-25,42H,12-20H2,(H2,34,36)/t24-,25+/m1/s1. The zero-order valence-corrected chi connectivity index (χ0v) is 23.4. The van der Waals surface area contributed by atoms with Gasteiger partial charge in [-0.15, -0.1) is 0 Å². The molecule has 2 aliphatic rings. The van der Waals surface area contributed by atoms with E-state index in [9.17, 15) is 19.1 Å². The van der Waals surface area contributed by atoms with Crippen LogP contribution in [0.2, 0.25) is 0 Å². The third-order valence-electron chi connectivity index (χ3n) is 8.76. The summed E-state index contributed by atoms with van der Waals surface area (Å²) >= 11 is 0. The molecule has 0 aliphatic carbocycles. The lowest BCUT2D eigenvalue weighted by atomic mass is 9.79. The summed E-state index contributed by atoms with van der Waals surface area (Å²) in [7, 11) is 0. The molecule has 2 atom stereocenters. The minimum absolute atomic E-state index is 0.0257. The van der Waals surface area contributed by atoms with Crippen LogP contribution >= 0.6 is 0 Å². The molecule has 4 aromatic rings. The second-order valence-electron chi connectivity index (χ2n) is 11.6. The quantitative estimate of drug-likeness (QED) is 0.366. The topological polar surface area (TPSA) is 118 Å². The highest BCUT2D eigenvalue weighted by Gasteiger charge is 2.41. The molecule has 2 aliphatic heterocycles. The molecule has 0 saturated carbocycles. The Morgan fingerprint density at radius 2 is 1.76 bits per heavy atom. The molecule has 2 fully saturated rings. The first-order chi connectivity index (χ1) is 20.3. The molecule has 10 heteroatoms. The van der Waals surface area contributed by atoms with Crippen molar-refractivity contribution in [2.45, 2.75) is 43.9 Å². The fourth-order valence-electron chi connectivity index (χ4n) is 6.38. The van der Waals surface area contributed by atoms with E-state index >= 15 is 0 Å². The Bertz CT molecular complexity index is 1640. The Labute approximate surface area is 243 Å². The first kappa shape index (κ1) is 28.0. The van der Waals surface area contributed by atoms with E-state index in [1.807, 2.05) is 35.2 Å². The van der Waals surface area contributed by atoms with E-state index in [1.165, 1.54) is 17.0 Å². The Hall–Kier alpha value is -4.15. The number of rotatable bonds is 6. The number of piperidine rings is 2. The average Bonchev–Trinajstić information content (AvgIpc) is 3.00. The van der Waals surface area contributed by atoms with Crippen LogP contribution in [-0.4, -0.2) is 67.1 Å². The molecule has 0 bridgehead atoms. The maximum Gasteiger partial charge on any atom is 0.280 e. The molecule has 4 heterocycles. The highest BCUT2D eigenvalue weighted by molar-refractivity contribution is 5.80. The summed E-state index contributed by atoms with van der Waals surface area (Å²) in [6, 6.07) is 20.1. The Morgan fingerprint density at radius 3 is 2.52 bits per heavy atom. The van der Waals surface area contributed by atoms with Gasteiger partial charge in [0.15, 0.2) is 5.52 Å². The fourth-order valence-corrected chi connectivity index (χ4v) is 6.38. The van der Waals surface area contributed by atoms with Crippen molar-refractivity contribution in [1.29, 1.82) is 0 Å². The number of aromatic nitrogens is 3. The number of amides is 1. The van der Waals surface area contributed by atoms with E-state index in [1.54, 1.807) is 18.2 Å². The number of carbonyl (C=O) groups excluding carboxylic acids is 1. The third-order valence-corrected chi connectivity index (χ3v) is 8.76. The number of benzene rings is 2. The Kier molecular flexibility index (Phi) is 7.74. The molecule has 3 N–H and O–H groups in total. The van der Waals surface area contributed by atoms with E-state index in [2.05, 4.69) is 27.0 Å². The van der Waals surface area contributed by atoms with Crippen LogP contribution < -0.4 is 11.3 Å². The zero-order chi connectivity index (χ0) is 29.3. The molecule has 2 aromatic carbocycles. The van der Waals surface area contributed by atoms with Crippen LogP contribution in [0.3, 0.4) is 0 Å². The van der Waals surface area contributed by atoms with Crippen LogP contribution in [0.25, 0.3) is 11.0 Å². The van der Waals surface area contributed by atoms with Crippen molar-refractivity contribution in [2.24, 2.45) is 5.92 Å². The number of fused-ring (bicyclic) bond motifs is 1. The van der Waals surface area contributed by atoms with Crippen LogP contribution in [0.15, 0.2) is 77.9 Å². The molecule has 1 amide bonds. The van der Waals surface area contributed by atoms with Crippen LogP contribution in [0.1, 0.15) is 36.3 Å². The molecule has 218 valence electrons. The maximum absolute atomic E-state index is 14.4. The number of anilines is 1. The van der Waals surface area contributed by atoms with Crippen molar-refractivity contribution in [3.8, 4) is 0 Å². The zero-order valence-electron chi connectivity index (χ0n) is 23.4. The number of nitrogens with zero attached hydrogens (tertiary/aromatic N) is 5. The summed E-state index contributed by atoms with van der Waals surface area (Å²) in [4.78, 5) is 39.5. The highest BCUT2D eigenvalue weighted by Crippen LogP contribution is 2.36. The van der Waals surface area contributed by atoms with Crippen molar-refractivity contribution in [1.82, 2.24) is 24.3 Å². The van der Waals surface area contributed by atoms with E-state index in [4.69, 9.17) is 5.73 Å². The van der Waals surface area contributed by atoms with E-state index in [0.717, 1.165) is 5.56 Å². The molecule has 2 aromatic heterocycles. The number of carbonyl (C=O) groups is 1. The van der Waals surface area contributed by atoms with Crippen LogP contribution in [0.4, 0.5) is 10.2 Å². The van der Waals surface area contributed by atoms with Gasteiger partial charge in [-0.05, 0) is 49.6 Å². The van der Waals surface area contributed by atoms with E-state index in [0.29, 0.717) is 63.1 Å². The van der Waals surface area contributed by atoms with Gasteiger partial charge in [0.2, 0.25) is 5.91 Å². The number of pyridine rings is 1. The second kappa shape index (κ2) is 11.6. The number of aliphatic hydroxyl groups is 1. The highest BCUT2D eigenvalue weighted by atomic mass is 19.1. The SMILES string of the molecule is Nc1ccc2ncn(CC3(O)CCN(C(=O)[C@@H]4CCN(Cc5ccccc5F)C[C@H]4c4ccccc4)CC3)c(=O)c2n1. The first-order valence-electron chi connectivity index (χ1n) is 14.4. The lowest BCUT2D eigenvalue weighted by Crippen LogP contribution is -2.53. The molecule has 0 spiro atoms. The minimum atomic E-state index is -1.15. The van der Waals surface area contributed by atoms with Crippen molar-refractivity contribution < 1.29 is 14.3 Å². The van der Waals surface area contributed by atoms with Crippen molar-refractivity contribution >= 4 is 22.8 Å². The van der Waals surface area contributed by atoms with Crippen molar-refractivity contribution in [3.63, 3.8) is 0 Å². The van der Waals surface area contributed by atoms with Gasteiger partial charge in [-0.1, -0.05) is 48.5 Å². The number of nitrogen functional groups attached to an aromatic ring is 1. The van der Waals surface area contributed by atoms with Gasteiger partial charge in [0.25, 0.3) is 5.56 Å². The number of hydrogen-bond donors (Lipinski definition) is 2. The normalized spacial score (nSPS) is 21.0. The summed E-state index contributed by atoms with van der Waals surface area (Å²) in [6.07, 6.45) is 2.78. The fraction of sp³-hybridized carbons (Fsp3) is 0.375. The summed E-state index contributed by atoms with van der Waals surface area (Å²) in [5.41, 5.74) is 6.62. The van der Waals surface area contributed by atoms with Gasteiger partial charge < -0.3 is 15.7 Å². The van der Waals surface area contributed by atoms with E-state index in [-0.39, 0.29) is 47.0 Å². The lowest BCUT2D eigenvalue weighted by Gasteiger charge is -2.43.